The van der Waals surface area contributed by atoms with Gasteiger partial charge in [-0.2, -0.15) is 0 Å². The van der Waals surface area contributed by atoms with Crippen molar-refractivity contribution in [3.05, 3.63) is 12.2 Å². The fraction of sp³-hybridized carbons (Fsp3) is 0.667. The lowest BCUT2D eigenvalue weighted by molar-refractivity contribution is -0.152. The Morgan fingerprint density at radius 1 is 0.950 bits per heavy atom. The van der Waals surface area contributed by atoms with E-state index in [0.29, 0.717) is 19.8 Å². The topological polar surface area (TPSA) is 106 Å². The van der Waals surface area contributed by atoms with E-state index in [1.807, 2.05) is 0 Å². The fourth-order valence-electron chi connectivity index (χ4n) is 1.47. The molecule has 0 aromatic heterocycles. The van der Waals surface area contributed by atoms with E-state index < -0.39 is 18.0 Å². The van der Waals surface area contributed by atoms with Gasteiger partial charge in [-0.25, -0.2) is 4.90 Å². The Labute approximate surface area is 116 Å². The van der Waals surface area contributed by atoms with E-state index in [1.165, 1.54) is 0 Å². The van der Waals surface area contributed by atoms with Gasteiger partial charge in [0.15, 0.2) is 6.23 Å². The summed E-state index contributed by atoms with van der Waals surface area (Å²) in [6.45, 7) is 1.37. The van der Waals surface area contributed by atoms with E-state index in [2.05, 4.69) is 0 Å². The van der Waals surface area contributed by atoms with Gasteiger partial charge in [-0.1, -0.05) is 0 Å². The average Bonchev–Trinajstić information content (AvgIpc) is 2.76. The van der Waals surface area contributed by atoms with Crippen molar-refractivity contribution < 1.29 is 34.0 Å². The first kappa shape index (κ1) is 16.7. The van der Waals surface area contributed by atoms with Gasteiger partial charge in [0.1, 0.15) is 0 Å². The van der Waals surface area contributed by atoms with Gasteiger partial charge < -0.3 is 24.4 Å². The van der Waals surface area contributed by atoms with Crippen LogP contribution in [0.2, 0.25) is 0 Å². The first-order valence-electron chi connectivity index (χ1n) is 6.24. The lowest BCUT2D eigenvalue weighted by atomic mass is 10.5. The van der Waals surface area contributed by atoms with Crippen LogP contribution in [0.5, 0.6) is 0 Å². The van der Waals surface area contributed by atoms with Gasteiger partial charge in [-0.3, -0.25) is 9.59 Å². The lowest BCUT2D eigenvalue weighted by Crippen LogP contribution is -2.42. The number of amides is 2. The van der Waals surface area contributed by atoms with Gasteiger partial charge in [0.2, 0.25) is 0 Å². The molecule has 0 saturated carbocycles. The van der Waals surface area contributed by atoms with Crippen molar-refractivity contribution >= 4 is 11.8 Å². The molecule has 1 heterocycles. The molecule has 0 radical (unpaired) electrons. The third-order valence-corrected chi connectivity index (χ3v) is 2.39. The lowest BCUT2D eigenvalue weighted by Gasteiger charge is -2.20. The second-order valence-corrected chi connectivity index (χ2v) is 3.88. The number of rotatable bonds is 11. The highest BCUT2D eigenvalue weighted by atomic mass is 16.5. The standard InChI is InChI=1S/C12H19NO7/c14-3-4-18-5-6-19-7-8-20-9-12(17)13-10(15)1-2-11(13)16/h1-2,12,14,17H,3-9H2. The van der Waals surface area contributed by atoms with Crippen LogP contribution in [0.3, 0.4) is 0 Å². The zero-order valence-electron chi connectivity index (χ0n) is 11.1. The number of imide groups is 1. The first-order chi connectivity index (χ1) is 9.66. The summed E-state index contributed by atoms with van der Waals surface area (Å²) < 4.78 is 15.2. The van der Waals surface area contributed by atoms with Crippen molar-refractivity contribution in [2.24, 2.45) is 0 Å². The average molecular weight is 289 g/mol. The van der Waals surface area contributed by atoms with Crippen molar-refractivity contribution in [1.82, 2.24) is 4.90 Å². The van der Waals surface area contributed by atoms with Gasteiger partial charge in [0.05, 0.1) is 46.2 Å². The minimum absolute atomic E-state index is 0.0240. The molecular weight excluding hydrogens is 270 g/mol. The molecule has 1 unspecified atom stereocenters. The zero-order valence-corrected chi connectivity index (χ0v) is 11.1. The summed E-state index contributed by atoms with van der Waals surface area (Å²) in [7, 11) is 0. The fourth-order valence-corrected chi connectivity index (χ4v) is 1.47. The number of hydrogen-bond donors (Lipinski definition) is 2. The molecule has 0 saturated heterocycles. The van der Waals surface area contributed by atoms with Crippen LogP contribution in [0.15, 0.2) is 12.2 Å². The Bertz CT molecular complexity index is 327. The molecule has 20 heavy (non-hydrogen) atoms. The molecule has 2 N–H and O–H groups in total. The van der Waals surface area contributed by atoms with Crippen molar-refractivity contribution in [3.63, 3.8) is 0 Å². The number of aliphatic hydroxyl groups excluding tert-OH is 2. The molecule has 1 aliphatic rings. The number of carbonyl (C=O) groups is 2. The Morgan fingerprint density at radius 2 is 1.45 bits per heavy atom. The number of carbonyl (C=O) groups excluding carboxylic acids is 2. The summed E-state index contributed by atoms with van der Waals surface area (Å²) in [4.78, 5) is 23.2. The summed E-state index contributed by atoms with van der Waals surface area (Å²) in [6, 6.07) is 0. The zero-order chi connectivity index (χ0) is 14.8. The molecule has 0 aromatic rings. The summed E-state index contributed by atoms with van der Waals surface area (Å²) in [5.41, 5.74) is 0. The van der Waals surface area contributed by atoms with Crippen LogP contribution in [-0.2, 0) is 23.8 Å². The van der Waals surface area contributed by atoms with Crippen molar-refractivity contribution in [2.75, 3.05) is 46.2 Å². The molecule has 8 heteroatoms. The summed E-state index contributed by atoms with van der Waals surface area (Å²) >= 11 is 0. The molecule has 2 amide bonds. The molecule has 1 rings (SSSR count). The van der Waals surface area contributed by atoms with Gasteiger partial charge in [-0.05, 0) is 0 Å². The van der Waals surface area contributed by atoms with E-state index in [9.17, 15) is 14.7 Å². The van der Waals surface area contributed by atoms with Gasteiger partial charge in [-0.15, -0.1) is 0 Å². The van der Waals surface area contributed by atoms with Gasteiger partial charge in [0.25, 0.3) is 11.8 Å². The third kappa shape index (κ3) is 5.76. The number of hydrogen-bond acceptors (Lipinski definition) is 7. The largest absolute Gasteiger partial charge is 0.394 e. The number of ether oxygens (including phenoxy) is 3. The van der Waals surface area contributed by atoms with E-state index in [4.69, 9.17) is 19.3 Å². The molecule has 8 nitrogen and oxygen atoms in total. The Hall–Kier alpha value is -1.32. The third-order valence-electron chi connectivity index (χ3n) is 2.39. The molecule has 1 aliphatic heterocycles. The van der Waals surface area contributed by atoms with Crippen LogP contribution in [0, 0.1) is 0 Å². The maximum Gasteiger partial charge on any atom is 0.255 e. The molecule has 0 bridgehead atoms. The smallest absolute Gasteiger partial charge is 0.255 e. The predicted molar refractivity (Wildman–Crippen MR) is 66.5 cm³/mol. The highest BCUT2D eigenvalue weighted by molar-refractivity contribution is 6.13. The second-order valence-electron chi connectivity index (χ2n) is 3.88. The Kier molecular flexibility index (Phi) is 8.00. The molecule has 1 atom stereocenters. The van der Waals surface area contributed by atoms with Crippen molar-refractivity contribution in [1.29, 1.82) is 0 Å². The van der Waals surface area contributed by atoms with Crippen LogP contribution >= 0.6 is 0 Å². The number of nitrogens with zero attached hydrogens (tertiary/aromatic N) is 1. The summed E-state index contributed by atoms with van der Waals surface area (Å²) in [5.74, 6) is -1.10. The maximum absolute atomic E-state index is 11.2. The van der Waals surface area contributed by atoms with Gasteiger partial charge >= 0.3 is 0 Å². The highest BCUT2D eigenvalue weighted by Gasteiger charge is 2.29. The van der Waals surface area contributed by atoms with Crippen LogP contribution < -0.4 is 0 Å². The van der Waals surface area contributed by atoms with Crippen LogP contribution in [0.1, 0.15) is 0 Å². The molecule has 0 fully saturated rings. The van der Waals surface area contributed by atoms with Crippen molar-refractivity contribution in [3.8, 4) is 0 Å². The number of aliphatic hydroxyl groups is 2. The highest BCUT2D eigenvalue weighted by Crippen LogP contribution is 2.07. The normalized spacial score (nSPS) is 16.2. The van der Waals surface area contributed by atoms with Gasteiger partial charge in [0, 0.05) is 12.2 Å². The summed E-state index contributed by atoms with van der Waals surface area (Å²) in [5, 5.41) is 18.1. The van der Waals surface area contributed by atoms with E-state index >= 15 is 0 Å². The van der Waals surface area contributed by atoms with Crippen LogP contribution in [-0.4, -0.2) is 79.4 Å². The molecule has 0 aromatic carbocycles. The molecule has 0 spiro atoms. The minimum atomic E-state index is -1.29. The maximum atomic E-state index is 11.2. The molecular formula is C12H19NO7. The first-order valence-corrected chi connectivity index (χ1v) is 6.24. The minimum Gasteiger partial charge on any atom is -0.394 e. The second kappa shape index (κ2) is 9.56. The Balaban J connectivity index is 1.99. The van der Waals surface area contributed by atoms with Crippen LogP contribution in [0.4, 0.5) is 0 Å². The Morgan fingerprint density at radius 3 is 2.00 bits per heavy atom. The van der Waals surface area contributed by atoms with E-state index in [-0.39, 0.29) is 26.4 Å². The van der Waals surface area contributed by atoms with Crippen LogP contribution in [0.25, 0.3) is 0 Å². The van der Waals surface area contributed by atoms with E-state index in [1.54, 1.807) is 0 Å². The molecule has 0 aliphatic carbocycles. The predicted octanol–water partition coefficient (Wildman–Crippen LogP) is -1.73. The van der Waals surface area contributed by atoms with E-state index in [0.717, 1.165) is 17.1 Å². The molecule has 114 valence electrons. The summed E-state index contributed by atoms with van der Waals surface area (Å²) in [6.07, 6.45) is 0.903. The van der Waals surface area contributed by atoms with Crippen molar-refractivity contribution in [2.45, 2.75) is 6.23 Å². The SMILES string of the molecule is O=C1C=CC(=O)N1C(O)COCCOCCOCCO. The quantitative estimate of drug-likeness (QED) is 0.344. The monoisotopic (exact) mass is 289 g/mol.